The third-order valence-corrected chi connectivity index (χ3v) is 4.65. The number of fused-ring (bicyclic) bond motifs is 1. The third-order valence-electron chi connectivity index (χ3n) is 4.38. The van der Waals surface area contributed by atoms with E-state index >= 15 is 0 Å². The van der Waals surface area contributed by atoms with E-state index in [0.717, 1.165) is 37.7 Å². The van der Waals surface area contributed by atoms with E-state index in [4.69, 9.17) is 16.6 Å². The lowest BCUT2D eigenvalue weighted by atomic mass is 10.1. The van der Waals surface area contributed by atoms with E-state index in [2.05, 4.69) is 54.0 Å². The van der Waals surface area contributed by atoms with Crippen LogP contribution in [0.5, 0.6) is 0 Å². The third kappa shape index (κ3) is 2.85. The van der Waals surface area contributed by atoms with Gasteiger partial charge in [-0.05, 0) is 24.9 Å². The van der Waals surface area contributed by atoms with Crippen LogP contribution in [0, 0.1) is 0 Å². The number of rotatable bonds is 3. The van der Waals surface area contributed by atoms with Crippen molar-refractivity contribution in [2.75, 3.05) is 31.1 Å². The molecule has 0 bridgehead atoms. The summed E-state index contributed by atoms with van der Waals surface area (Å²) in [6.45, 7) is 8.79. The quantitative estimate of drug-likeness (QED) is 0.809. The van der Waals surface area contributed by atoms with Crippen LogP contribution in [0.2, 0.25) is 0 Å². The Morgan fingerprint density at radius 2 is 2.10 bits per heavy atom. The number of piperazine rings is 1. The Labute approximate surface area is 131 Å². The fourth-order valence-electron chi connectivity index (χ4n) is 3.20. The largest absolute Gasteiger partial charge is 0.353 e. The molecule has 0 amide bonds. The summed E-state index contributed by atoms with van der Waals surface area (Å²) in [6.07, 6.45) is 0. The zero-order valence-electron chi connectivity index (χ0n) is 12.7. The van der Waals surface area contributed by atoms with Crippen LogP contribution in [0.4, 0.5) is 5.82 Å². The SMILES string of the molecule is CCN1CCN(c2nc(CCl)cc3ccccc23)CC1C. The van der Waals surface area contributed by atoms with Gasteiger partial charge in [-0.2, -0.15) is 0 Å². The van der Waals surface area contributed by atoms with E-state index in [1.54, 1.807) is 0 Å². The van der Waals surface area contributed by atoms with Crippen LogP contribution >= 0.6 is 11.6 Å². The molecule has 1 aromatic carbocycles. The van der Waals surface area contributed by atoms with E-state index in [-0.39, 0.29) is 0 Å². The normalized spacial score (nSPS) is 20.1. The molecule has 0 N–H and O–H groups in total. The second kappa shape index (κ2) is 6.20. The second-order valence-corrected chi connectivity index (χ2v) is 5.98. The topological polar surface area (TPSA) is 19.4 Å². The van der Waals surface area contributed by atoms with Crippen molar-refractivity contribution < 1.29 is 0 Å². The van der Waals surface area contributed by atoms with Gasteiger partial charge in [0.05, 0.1) is 11.6 Å². The molecule has 4 heteroatoms. The fraction of sp³-hybridized carbons (Fsp3) is 0.471. The number of likely N-dealkylation sites (N-methyl/N-ethyl adjacent to an activating group) is 1. The smallest absolute Gasteiger partial charge is 0.136 e. The molecule has 1 aliphatic rings. The molecule has 0 spiro atoms. The number of halogens is 1. The maximum absolute atomic E-state index is 6.02. The Hall–Kier alpha value is -1.32. The number of hydrogen-bond donors (Lipinski definition) is 0. The van der Waals surface area contributed by atoms with Crippen molar-refractivity contribution in [2.24, 2.45) is 0 Å². The molecular weight excluding hydrogens is 282 g/mol. The first-order chi connectivity index (χ1) is 10.2. The molecule has 21 heavy (non-hydrogen) atoms. The van der Waals surface area contributed by atoms with Crippen molar-refractivity contribution in [1.29, 1.82) is 0 Å². The van der Waals surface area contributed by atoms with E-state index in [0.29, 0.717) is 11.9 Å². The minimum Gasteiger partial charge on any atom is -0.353 e. The molecule has 1 aliphatic heterocycles. The molecule has 2 aromatic rings. The van der Waals surface area contributed by atoms with Gasteiger partial charge in [0.25, 0.3) is 0 Å². The number of anilines is 1. The highest BCUT2D eigenvalue weighted by Crippen LogP contribution is 2.28. The minimum absolute atomic E-state index is 0.461. The van der Waals surface area contributed by atoms with Gasteiger partial charge in [0.2, 0.25) is 0 Å². The molecule has 112 valence electrons. The first-order valence-electron chi connectivity index (χ1n) is 7.66. The zero-order chi connectivity index (χ0) is 14.8. The van der Waals surface area contributed by atoms with Gasteiger partial charge >= 0.3 is 0 Å². The Kier molecular flexibility index (Phi) is 4.32. The predicted octanol–water partition coefficient (Wildman–Crippen LogP) is 3.50. The average Bonchev–Trinajstić information content (AvgIpc) is 2.53. The van der Waals surface area contributed by atoms with E-state index in [1.807, 2.05) is 0 Å². The fourth-order valence-corrected chi connectivity index (χ4v) is 3.34. The number of benzene rings is 1. The highest BCUT2D eigenvalue weighted by Gasteiger charge is 2.24. The molecule has 2 heterocycles. The molecule has 3 rings (SSSR count). The van der Waals surface area contributed by atoms with Crippen LogP contribution in [0.3, 0.4) is 0 Å². The number of alkyl halides is 1. The Balaban J connectivity index is 1.99. The number of hydrogen-bond acceptors (Lipinski definition) is 3. The van der Waals surface area contributed by atoms with Crippen LogP contribution in [-0.4, -0.2) is 42.1 Å². The van der Waals surface area contributed by atoms with Crippen molar-refractivity contribution in [1.82, 2.24) is 9.88 Å². The van der Waals surface area contributed by atoms with Crippen molar-refractivity contribution in [3.8, 4) is 0 Å². The number of nitrogens with zero attached hydrogens (tertiary/aromatic N) is 3. The maximum Gasteiger partial charge on any atom is 0.136 e. The molecule has 1 unspecified atom stereocenters. The lowest BCUT2D eigenvalue weighted by Gasteiger charge is -2.40. The lowest BCUT2D eigenvalue weighted by Crippen LogP contribution is -2.52. The van der Waals surface area contributed by atoms with Crippen LogP contribution < -0.4 is 4.90 Å². The molecule has 0 aliphatic carbocycles. The summed E-state index contributed by atoms with van der Waals surface area (Å²) in [5.41, 5.74) is 0.955. The maximum atomic E-state index is 6.02. The van der Waals surface area contributed by atoms with Gasteiger partial charge in [-0.3, -0.25) is 4.90 Å². The monoisotopic (exact) mass is 303 g/mol. The van der Waals surface area contributed by atoms with Gasteiger partial charge < -0.3 is 4.90 Å². The molecular formula is C17H22ClN3. The Morgan fingerprint density at radius 1 is 1.29 bits per heavy atom. The summed E-state index contributed by atoms with van der Waals surface area (Å²) < 4.78 is 0. The van der Waals surface area contributed by atoms with E-state index < -0.39 is 0 Å². The number of aromatic nitrogens is 1. The van der Waals surface area contributed by atoms with Gasteiger partial charge in [-0.15, -0.1) is 11.6 Å². The molecule has 1 aromatic heterocycles. The van der Waals surface area contributed by atoms with Crippen molar-refractivity contribution in [3.63, 3.8) is 0 Å². The van der Waals surface area contributed by atoms with Gasteiger partial charge in [-0.1, -0.05) is 31.2 Å². The summed E-state index contributed by atoms with van der Waals surface area (Å²) in [6, 6.07) is 11.1. The summed E-state index contributed by atoms with van der Waals surface area (Å²) in [7, 11) is 0. The Bertz CT molecular complexity index is 628. The lowest BCUT2D eigenvalue weighted by molar-refractivity contribution is 0.199. The van der Waals surface area contributed by atoms with Crippen LogP contribution in [0.1, 0.15) is 19.5 Å². The Morgan fingerprint density at radius 3 is 2.81 bits per heavy atom. The van der Waals surface area contributed by atoms with Gasteiger partial charge in [-0.25, -0.2) is 4.98 Å². The summed E-state index contributed by atoms with van der Waals surface area (Å²) in [4.78, 5) is 9.73. The first-order valence-corrected chi connectivity index (χ1v) is 8.20. The number of pyridine rings is 1. The van der Waals surface area contributed by atoms with E-state index in [1.165, 1.54) is 10.8 Å². The minimum atomic E-state index is 0.461. The summed E-state index contributed by atoms with van der Waals surface area (Å²) in [5.74, 6) is 1.55. The van der Waals surface area contributed by atoms with Crippen LogP contribution in [-0.2, 0) is 5.88 Å². The standard InChI is InChI=1S/C17H22ClN3/c1-3-20-8-9-21(12-13(20)2)17-16-7-5-4-6-14(16)10-15(11-18)19-17/h4-7,10,13H,3,8-9,11-12H2,1-2H3. The molecule has 0 radical (unpaired) electrons. The summed E-state index contributed by atoms with van der Waals surface area (Å²) in [5, 5.41) is 2.45. The first kappa shape index (κ1) is 14.6. The molecule has 1 atom stereocenters. The molecule has 1 fully saturated rings. The molecule has 1 saturated heterocycles. The van der Waals surface area contributed by atoms with E-state index in [9.17, 15) is 0 Å². The molecule has 3 nitrogen and oxygen atoms in total. The van der Waals surface area contributed by atoms with Crippen molar-refractivity contribution >= 4 is 28.2 Å². The van der Waals surface area contributed by atoms with Gasteiger partial charge in [0.1, 0.15) is 5.82 Å². The van der Waals surface area contributed by atoms with Crippen molar-refractivity contribution in [3.05, 3.63) is 36.0 Å². The van der Waals surface area contributed by atoms with Gasteiger partial charge in [0.15, 0.2) is 0 Å². The van der Waals surface area contributed by atoms with Crippen LogP contribution in [0.15, 0.2) is 30.3 Å². The van der Waals surface area contributed by atoms with Gasteiger partial charge in [0, 0.05) is 31.1 Å². The zero-order valence-corrected chi connectivity index (χ0v) is 13.5. The molecule has 0 saturated carbocycles. The average molecular weight is 304 g/mol. The highest BCUT2D eigenvalue weighted by molar-refractivity contribution is 6.17. The summed E-state index contributed by atoms with van der Waals surface area (Å²) >= 11 is 6.02. The van der Waals surface area contributed by atoms with Crippen molar-refractivity contribution in [2.45, 2.75) is 25.8 Å². The second-order valence-electron chi connectivity index (χ2n) is 5.72. The predicted molar refractivity (Wildman–Crippen MR) is 90.2 cm³/mol. The van der Waals surface area contributed by atoms with Crippen LogP contribution in [0.25, 0.3) is 10.8 Å². The highest BCUT2D eigenvalue weighted by atomic mass is 35.5.